The third-order valence-corrected chi connectivity index (χ3v) is 4.52. The summed E-state index contributed by atoms with van der Waals surface area (Å²) in [5, 5.41) is 9.52. The van der Waals surface area contributed by atoms with Gasteiger partial charge in [0.2, 0.25) is 0 Å². The third-order valence-electron chi connectivity index (χ3n) is 4.52. The normalized spacial score (nSPS) is 25.3. The molecule has 3 rings (SSSR count). The Kier molecular flexibility index (Phi) is 4.42. The number of hydrogen-bond donors (Lipinski definition) is 1. The SMILES string of the molecule is C[C@H](O)c1ccc(N2CCC(N3CCOCC3)C2)c(F)c1. The average molecular weight is 294 g/mol. The molecule has 2 heterocycles. The van der Waals surface area contributed by atoms with E-state index in [0.29, 0.717) is 17.3 Å². The number of morpholine rings is 1. The van der Waals surface area contributed by atoms with Crippen molar-refractivity contribution in [2.45, 2.75) is 25.5 Å². The maximum Gasteiger partial charge on any atom is 0.146 e. The molecule has 0 aliphatic carbocycles. The molecule has 5 heteroatoms. The van der Waals surface area contributed by atoms with Gasteiger partial charge < -0.3 is 14.7 Å². The lowest BCUT2D eigenvalue weighted by Crippen LogP contribution is -2.44. The van der Waals surface area contributed by atoms with Crippen LogP contribution in [0.3, 0.4) is 0 Å². The van der Waals surface area contributed by atoms with E-state index in [1.165, 1.54) is 6.07 Å². The first-order valence-electron chi connectivity index (χ1n) is 7.69. The molecule has 21 heavy (non-hydrogen) atoms. The van der Waals surface area contributed by atoms with Crippen LogP contribution in [-0.4, -0.2) is 55.4 Å². The summed E-state index contributed by atoms with van der Waals surface area (Å²) in [4.78, 5) is 4.56. The zero-order valence-corrected chi connectivity index (χ0v) is 12.5. The lowest BCUT2D eigenvalue weighted by atomic mass is 10.1. The Hall–Kier alpha value is -1.17. The molecule has 0 aromatic heterocycles. The Balaban J connectivity index is 1.68. The van der Waals surface area contributed by atoms with Crippen molar-refractivity contribution in [2.24, 2.45) is 0 Å². The number of aliphatic hydroxyl groups is 1. The van der Waals surface area contributed by atoms with Crippen molar-refractivity contribution in [3.8, 4) is 0 Å². The van der Waals surface area contributed by atoms with Crippen LogP contribution >= 0.6 is 0 Å². The van der Waals surface area contributed by atoms with E-state index in [2.05, 4.69) is 9.80 Å². The molecule has 0 bridgehead atoms. The van der Waals surface area contributed by atoms with Crippen molar-refractivity contribution in [3.63, 3.8) is 0 Å². The molecule has 0 spiro atoms. The molecule has 1 unspecified atom stereocenters. The molecule has 1 aromatic rings. The van der Waals surface area contributed by atoms with Crippen LogP contribution in [0.25, 0.3) is 0 Å². The molecule has 4 nitrogen and oxygen atoms in total. The Labute approximate surface area is 125 Å². The molecule has 2 atom stereocenters. The highest BCUT2D eigenvalue weighted by Crippen LogP contribution is 2.28. The van der Waals surface area contributed by atoms with E-state index in [1.54, 1.807) is 13.0 Å². The van der Waals surface area contributed by atoms with Gasteiger partial charge in [-0.3, -0.25) is 4.90 Å². The monoisotopic (exact) mass is 294 g/mol. The Morgan fingerprint density at radius 1 is 1.29 bits per heavy atom. The summed E-state index contributed by atoms with van der Waals surface area (Å²) in [5.74, 6) is -0.240. The Bertz CT molecular complexity index is 489. The van der Waals surface area contributed by atoms with Gasteiger partial charge in [-0.15, -0.1) is 0 Å². The van der Waals surface area contributed by atoms with Crippen molar-refractivity contribution >= 4 is 5.69 Å². The zero-order valence-electron chi connectivity index (χ0n) is 12.5. The summed E-state index contributed by atoms with van der Waals surface area (Å²) in [5.41, 5.74) is 1.27. The van der Waals surface area contributed by atoms with E-state index >= 15 is 0 Å². The minimum Gasteiger partial charge on any atom is -0.389 e. The number of halogens is 1. The second-order valence-electron chi connectivity index (χ2n) is 5.92. The van der Waals surface area contributed by atoms with Gasteiger partial charge in [0.15, 0.2) is 0 Å². The number of benzene rings is 1. The number of hydrogen-bond acceptors (Lipinski definition) is 4. The van der Waals surface area contributed by atoms with Gasteiger partial charge in [-0.05, 0) is 31.0 Å². The largest absolute Gasteiger partial charge is 0.389 e. The minimum atomic E-state index is -0.631. The lowest BCUT2D eigenvalue weighted by molar-refractivity contribution is 0.0209. The highest BCUT2D eigenvalue weighted by molar-refractivity contribution is 5.50. The van der Waals surface area contributed by atoms with E-state index in [4.69, 9.17) is 4.74 Å². The Morgan fingerprint density at radius 3 is 2.71 bits per heavy atom. The quantitative estimate of drug-likeness (QED) is 0.922. The summed E-state index contributed by atoms with van der Waals surface area (Å²) in [6, 6.07) is 5.54. The molecule has 0 saturated carbocycles. The number of rotatable bonds is 3. The van der Waals surface area contributed by atoms with Crippen LogP contribution < -0.4 is 4.90 Å². The number of nitrogens with zero attached hydrogens (tertiary/aromatic N) is 2. The summed E-state index contributed by atoms with van der Waals surface area (Å²) in [6.07, 6.45) is 0.436. The molecule has 2 aliphatic heterocycles. The van der Waals surface area contributed by atoms with Gasteiger partial charge in [-0.1, -0.05) is 6.07 Å². The zero-order chi connectivity index (χ0) is 14.8. The molecule has 116 valence electrons. The fourth-order valence-electron chi connectivity index (χ4n) is 3.24. The van der Waals surface area contributed by atoms with E-state index in [1.807, 2.05) is 6.07 Å². The summed E-state index contributed by atoms with van der Waals surface area (Å²) in [6.45, 7) is 6.95. The van der Waals surface area contributed by atoms with Gasteiger partial charge in [0.1, 0.15) is 5.82 Å². The Morgan fingerprint density at radius 2 is 2.05 bits per heavy atom. The van der Waals surface area contributed by atoms with E-state index in [0.717, 1.165) is 45.8 Å². The maximum absolute atomic E-state index is 14.2. The molecule has 0 amide bonds. The van der Waals surface area contributed by atoms with Crippen molar-refractivity contribution in [2.75, 3.05) is 44.3 Å². The third kappa shape index (κ3) is 3.20. The van der Waals surface area contributed by atoms with Crippen LogP contribution in [-0.2, 0) is 4.74 Å². The predicted octanol–water partition coefficient (Wildman–Crippen LogP) is 1.79. The number of aliphatic hydroxyl groups excluding tert-OH is 1. The lowest BCUT2D eigenvalue weighted by Gasteiger charge is -2.32. The number of anilines is 1. The molecule has 2 saturated heterocycles. The fraction of sp³-hybridized carbons (Fsp3) is 0.625. The van der Waals surface area contributed by atoms with E-state index < -0.39 is 6.10 Å². The molecular weight excluding hydrogens is 271 g/mol. The standard InChI is InChI=1S/C16H23FN2O2/c1-12(20)13-2-3-16(15(17)10-13)19-5-4-14(11-19)18-6-8-21-9-7-18/h2-3,10,12,14,20H,4-9,11H2,1H3/t12-,14?/m0/s1. The molecule has 1 aromatic carbocycles. The van der Waals surface area contributed by atoms with Crippen molar-refractivity contribution in [1.29, 1.82) is 0 Å². The van der Waals surface area contributed by atoms with Gasteiger partial charge >= 0.3 is 0 Å². The fourth-order valence-corrected chi connectivity index (χ4v) is 3.24. The summed E-state index contributed by atoms with van der Waals surface area (Å²) in [7, 11) is 0. The van der Waals surface area contributed by atoms with Crippen LogP contribution in [0.2, 0.25) is 0 Å². The molecular formula is C16H23FN2O2. The van der Waals surface area contributed by atoms with Gasteiger partial charge in [0, 0.05) is 32.2 Å². The topological polar surface area (TPSA) is 35.9 Å². The average Bonchev–Trinajstić information content (AvgIpc) is 2.97. The van der Waals surface area contributed by atoms with Gasteiger partial charge in [-0.2, -0.15) is 0 Å². The van der Waals surface area contributed by atoms with Crippen LogP contribution in [0.4, 0.5) is 10.1 Å². The molecule has 2 fully saturated rings. The first-order valence-corrected chi connectivity index (χ1v) is 7.69. The highest BCUT2D eigenvalue weighted by Gasteiger charge is 2.29. The van der Waals surface area contributed by atoms with E-state index in [-0.39, 0.29) is 5.82 Å². The maximum atomic E-state index is 14.2. The van der Waals surface area contributed by atoms with Crippen LogP contribution in [0, 0.1) is 5.82 Å². The van der Waals surface area contributed by atoms with Crippen molar-refractivity contribution < 1.29 is 14.2 Å². The minimum absolute atomic E-state index is 0.240. The van der Waals surface area contributed by atoms with Gasteiger partial charge in [-0.25, -0.2) is 4.39 Å². The molecule has 2 aliphatic rings. The van der Waals surface area contributed by atoms with E-state index in [9.17, 15) is 9.50 Å². The van der Waals surface area contributed by atoms with Crippen LogP contribution in [0.1, 0.15) is 25.0 Å². The summed E-state index contributed by atoms with van der Waals surface area (Å²) < 4.78 is 19.6. The number of ether oxygens (including phenoxy) is 1. The summed E-state index contributed by atoms with van der Waals surface area (Å²) >= 11 is 0. The smallest absolute Gasteiger partial charge is 0.146 e. The first kappa shape index (κ1) is 14.8. The van der Waals surface area contributed by atoms with Gasteiger partial charge in [0.25, 0.3) is 0 Å². The predicted molar refractivity (Wildman–Crippen MR) is 80.0 cm³/mol. The highest BCUT2D eigenvalue weighted by atomic mass is 19.1. The van der Waals surface area contributed by atoms with Gasteiger partial charge in [0.05, 0.1) is 25.0 Å². The molecule has 1 N–H and O–H groups in total. The first-order chi connectivity index (χ1) is 10.1. The molecule has 0 radical (unpaired) electrons. The van der Waals surface area contributed by atoms with Crippen LogP contribution in [0.5, 0.6) is 0 Å². The van der Waals surface area contributed by atoms with Crippen LogP contribution in [0.15, 0.2) is 18.2 Å². The second-order valence-corrected chi connectivity index (χ2v) is 5.92. The van der Waals surface area contributed by atoms with Crippen molar-refractivity contribution in [1.82, 2.24) is 4.90 Å². The second kappa shape index (κ2) is 6.30. The van der Waals surface area contributed by atoms with Crippen molar-refractivity contribution in [3.05, 3.63) is 29.6 Å².